The summed E-state index contributed by atoms with van der Waals surface area (Å²) in [5, 5.41) is 21.6. The molecule has 1 aromatic rings. The maximum atomic E-state index is 10.5. The van der Waals surface area contributed by atoms with Crippen molar-refractivity contribution < 1.29 is 9.84 Å². The minimum Gasteiger partial charge on any atom is -0.381 e. The number of nitrogens with one attached hydrogen (secondary N) is 3. The molecule has 1 rings (SSSR count). The number of imidazole rings is 1. The number of anilines is 1. The highest BCUT2D eigenvalue weighted by Crippen LogP contribution is 2.22. The molecule has 0 aliphatic heterocycles. The zero-order valence-electron chi connectivity index (χ0n) is 15.7. The predicted molar refractivity (Wildman–Crippen MR) is 102 cm³/mol. The van der Waals surface area contributed by atoms with Gasteiger partial charge >= 0.3 is 0 Å². The van der Waals surface area contributed by atoms with Gasteiger partial charge in [-0.3, -0.25) is 10.7 Å². The molecule has 0 fully saturated rings. The quantitative estimate of drug-likeness (QED) is 0.213. The number of aliphatic hydroxyl groups excluding tert-OH is 1. The summed E-state index contributed by atoms with van der Waals surface area (Å²) in [7, 11) is 1.66. The summed E-state index contributed by atoms with van der Waals surface area (Å²) in [5.74, 6) is 0.988. The molecule has 0 radical (unpaired) electrons. The number of H-pyrrole nitrogens is 1. The van der Waals surface area contributed by atoms with Crippen LogP contribution in [0.1, 0.15) is 45.5 Å². The fourth-order valence-electron chi connectivity index (χ4n) is 2.44. The SMILES string of the molecule is CC/C=C(\C=C/COC)CNC(O)c1[nH]cnc1N(CCC)C(C)=N. The zero-order valence-corrected chi connectivity index (χ0v) is 15.7. The first-order valence-corrected chi connectivity index (χ1v) is 8.66. The van der Waals surface area contributed by atoms with Crippen LogP contribution in [0.2, 0.25) is 0 Å². The average Bonchev–Trinajstić information content (AvgIpc) is 3.06. The highest BCUT2D eigenvalue weighted by Gasteiger charge is 2.20. The van der Waals surface area contributed by atoms with E-state index in [1.54, 1.807) is 25.3 Å². The molecule has 0 saturated carbocycles. The summed E-state index contributed by atoms with van der Waals surface area (Å²) in [5.41, 5.74) is 1.64. The van der Waals surface area contributed by atoms with Gasteiger partial charge in [0.2, 0.25) is 0 Å². The molecule has 1 unspecified atom stereocenters. The highest BCUT2D eigenvalue weighted by atomic mass is 16.5. The Hall–Kier alpha value is -1.96. The van der Waals surface area contributed by atoms with Gasteiger partial charge in [-0.1, -0.05) is 32.1 Å². The van der Waals surface area contributed by atoms with Crippen LogP contribution < -0.4 is 10.2 Å². The second-order valence-electron chi connectivity index (χ2n) is 5.71. The number of allylic oxidation sites excluding steroid dienone is 1. The second-order valence-corrected chi connectivity index (χ2v) is 5.71. The molecule has 0 aliphatic carbocycles. The van der Waals surface area contributed by atoms with Gasteiger partial charge in [0.25, 0.3) is 0 Å². The van der Waals surface area contributed by atoms with Gasteiger partial charge in [-0.2, -0.15) is 0 Å². The molecular weight excluding hydrogens is 318 g/mol. The van der Waals surface area contributed by atoms with Crippen LogP contribution in [0.5, 0.6) is 0 Å². The number of rotatable bonds is 11. The van der Waals surface area contributed by atoms with Crippen LogP contribution in [0.15, 0.2) is 30.1 Å². The minimum atomic E-state index is -0.896. The molecule has 25 heavy (non-hydrogen) atoms. The lowest BCUT2D eigenvalue weighted by Gasteiger charge is -2.23. The number of aliphatic hydroxyl groups is 1. The monoisotopic (exact) mass is 349 g/mol. The van der Waals surface area contributed by atoms with Crippen molar-refractivity contribution >= 4 is 11.7 Å². The van der Waals surface area contributed by atoms with Crippen LogP contribution in [-0.4, -0.2) is 47.7 Å². The third-order valence-electron chi connectivity index (χ3n) is 3.59. The van der Waals surface area contributed by atoms with Crippen molar-refractivity contribution in [1.29, 1.82) is 5.41 Å². The van der Waals surface area contributed by atoms with Gasteiger partial charge in [-0.25, -0.2) is 4.98 Å². The number of amidine groups is 1. The smallest absolute Gasteiger partial charge is 0.159 e. The largest absolute Gasteiger partial charge is 0.381 e. The van der Waals surface area contributed by atoms with E-state index in [9.17, 15) is 5.11 Å². The fourth-order valence-corrected chi connectivity index (χ4v) is 2.44. The summed E-state index contributed by atoms with van der Waals surface area (Å²) in [6, 6.07) is 0. The van der Waals surface area contributed by atoms with Gasteiger partial charge in [0.1, 0.15) is 11.9 Å². The lowest BCUT2D eigenvalue weighted by Crippen LogP contribution is -2.32. The summed E-state index contributed by atoms with van der Waals surface area (Å²) in [4.78, 5) is 9.06. The number of methoxy groups -OCH3 is 1. The van der Waals surface area contributed by atoms with Crippen molar-refractivity contribution in [3.63, 3.8) is 0 Å². The Bertz CT molecular complexity index is 580. The molecule has 7 nitrogen and oxygen atoms in total. The molecule has 7 heteroatoms. The van der Waals surface area contributed by atoms with Gasteiger partial charge in [0, 0.05) is 20.2 Å². The molecule has 0 amide bonds. The van der Waals surface area contributed by atoms with Crippen LogP contribution in [-0.2, 0) is 4.74 Å². The van der Waals surface area contributed by atoms with E-state index in [2.05, 4.69) is 28.3 Å². The third kappa shape index (κ3) is 6.81. The molecule has 0 spiro atoms. The molecule has 0 saturated heterocycles. The van der Waals surface area contributed by atoms with Crippen LogP contribution in [0.3, 0.4) is 0 Å². The van der Waals surface area contributed by atoms with Crippen LogP contribution in [0, 0.1) is 5.41 Å². The number of aromatic amines is 1. The van der Waals surface area contributed by atoms with Crippen LogP contribution >= 0.6 is 0 Å². The lowest BCUT2D eigenvalue weighted by molar-refractivity contribution is 0.139. The summed E-state index contributed by atoms with van der Waals surface area (Å²) in [6.45, 7) is 7.59. The molecular formula is C18H31N5O2. The molecule has 1 heterocycles. The van der Waals surface area contributed by atoms with E-state index in [-0.39, 0.29) is 0 Å². The normalized spacial score (nSPS) is 13.4. The molecule has 0 aromatic carbocycles. The molecule has 1 atom stereocenters. The summed E-state index contributed by atoms with van der Waals surface area (Å²) < 4.78 is 5.02. The molecule has 0 aliphatic rings. The Morgan fingerprint density at radius 1 is 1.52 bits per heavy atom. The van der Waals surface area contributed by atoms with Crippen LogP contribution in [0.25, 0.3) is 0 Å². The first-order chi connectivity index (χ1) is 12.0. The van der Waals surface area contributed by atoms with Gasteiger partial charge in [0.15, 0.2) is 5.82 Å². The van der Waals surface area contributed by atoms with E-state index in [1.807, 2.05) is 19.1 Å². The van der Waals surface area contributed by atoms with Gasteiger partial charge < -0.3 is 19.7 Å². The fraction of sp³-hybridized carbons (Fsp3) is 0.556. The van der Waals surface area contributed by atoms with Crippen molar-refractivity contribution in [2.45, 2.75) is 39.8 Å². The first kappa shape index (κ1) is 21.1. The summed E-state index contributed by atoms with van der Waals surface area (Å²) in [6.07, 6.45) is 8.49. The van der Waals surface area contributed by atoms with Gasteiger partial charge in [-0.05, 0) is 25.3 Å². The molecule has 140 valence electrons. The van der Waals surface area contributed by atoms with Crippen molar-refractivity contribution in [3.05, 3.63) is 35.8 Å². The number of hydrogen-bond acceptors (Lipinski definition) is 5. The molecule has 0 bridgehead atoms. The Labute approximate surface area is 150 Å². The van der Waals surface area contributed by atoms with E-state index >= 15 is 0 Å². The third-order valence-corrected chi connectivity index (χ3v) is 3.59. The number of nitrogens with zero attached hydrogens (tertiary/aromatic N) is 2. The minimum absolute atomic E-state index is 0.400. The van der Waals surface area contributed by atoms with Gasteiger partial charge in [0.05, 0.1) is 18.8 Å². The molecule has 1 aromatic heterocycles. The van der Waals surface area contributed by atoms with Crippen LogP contribution in [0.4, 0.5) is 5.82 Å². The first-order valence-electron chi connectivity index (χ1n) is 8.66. The number of aromatic nitrogens is 2. The topological polar surface area (TPSA) is 97.3 Å². The number of hydrogen-bond donors (Lipinski definition) is 4. The zero-order chi connectivity index (χ0) is 18.7. The van der Waals surface area contributed by atoms with E-state index in [0.717, 1.165) is 18.4 Å². The lowest BCUT2D eigenvalue weighted by atomic mass is 10.2. The second kappa shape index (κ2) is 11.6. The Kier molecular flexibility index (Phi) is 9.76. The highest BCUT2D eigenvalue weighted by molar-refractivity contribution is 5.93. The van der Waals surface area contributed by atoms with Crippen molar-refractivity contribution in [1.82, 2.24) is 15.3 Å². The number of ether oxygens (including phenoxy) is 1. The standard InChI is InChI=1S/C18H31N5O2/c1-5-8-15(9-7-11-25-4)12-20-18(24)16-17(22-13-21-16)23(10-6-2)14(3)19/h7-9,13,18-20,24H,5-6,10-12H2,1-4H3,(H,21,22)/b9-7-,15-8+,19-14?. The Morgan fingerprint density at radius 3 is 2.88 bits per heavy atom. The van der Waals surface area contributed by atoms with Crippen molar-refractivity contribution in [2.24, 2.45) is 0 Å². The average molecular weight is 349 g/mol. The maximum Gasteiger partial charge on any atom is 0.159 e. The van der Waals surface area contributed by atoms with Gasteiger partial charge in [-0.15, -0.1) is 0 Å². The maximum absolute atomic E-state index is 10.5. The van der Waals surface area contributed by atoms with Crippen molar-refractivity contribution in [3.8, 4) is 0 Å². The van der Waals surface area contributed by atoms with Crippen molar-refractivity contribution in [2.75, 3.05) is 31.7 Å². The summed E-state index contributed by atoms with van der Waals surface area (Å²) >= 11 is 0. The van der Waals surface area contributed by atoms with E-state index in [0.29, 0.717) is 37.0 Å². The Balaban J connectivity index is 2.80. The van der Waals surface area contributed by atoms with E-state index in [1.165, 1.54) is 0 Å². The van der Waals surface area contributed by atoms with E-state index in [4.69, 9.17) is 10.1 Å². The Morgan fingerprint density at radius 2 is 2.28 bits per heavy atom. The van der Waals surface area contributed by atoms with E-state index < -0.39 is 6.23 Å². The molecule has 4 N–H and O–H groups in total. The predicted octanol–water partition coefficient (Wildman–Crippen LogP) is 2.74.